The average molecular weight is 233 g/mol. The maximum Gasteiger partial charge on any atom is 0.313 e. The fraction of sp³-hybridized carbons (Fsp3) is 0.800. The van der Waals surface area contributed by atoms with E-state index in [4.69, 9.17) is 5.11 Å². The highest BCUT2D eigenvalue weighted by atomic mass is 32.2. The summed E-state index contributed by atoms with van der Waals surface area (Å²) in [6.07, 6.45) is 0. The molecule has 1 N–H and O–H groups in total. The van der Waals surface area contributed by atoms with Gasteiger partial charge in [0.25, 0.3) is 0 Å². The van der Waals surface area contributed by atoms with Crippen molar-refractivity contribution in [2.24, 2.45) is 5.92 Å². The lowest BCUT2D eigenvalue weighted by atomic mass is 10.2. The van der Waals surface area contributed by atoms with Crippen LogP contribution in [0.1, 0.15) is 20.8 Å². The SMILES string of the molecule is CCN(CC(C)C)C(=O)CSCC(=O)O. The number of nitrogens with zero attached hydrogens (tertiary/aromatic N) is 1. The second kappa shape index (κ2) is 7.56. The number of rotatable bonds is 7. The first-order valence-corrected chi connectivity index (χ1v) is 6.20. The predicted octanol–water partition coefficient (Wildman–Crippen LogP) is 1.31. The third-order valence-corrected chi connectivity index (χ3v) is 2.67. The van der Waals surface area contributed by atoms with Crippen LogP contribution >= 0.6 is 11.8 Å². The molecule has 5 heteroatoms. The molecule has 0 aliphatic rings. The summed E-state index contributed by atoms with van der Waals surface area (Å²) >= 11 is 1.15. The zero-order valence-corrected chi connectivity index (χ0v) is 10.3. The molecule has 0 aromatic heterocycles. The van der Waals surface area contributed by atoms with Crippen LogP contribution in [0.2, 0.25) is 0 Å². The van der Waals surface area contributed by atoms with Crippen LogP contribution in [0.4, 0.5) is 0 Å². The fourth-order valence-electron chi connectivity index (χ4n) is 1.16. The van der Waals surface area contributed by atoms with Crippen LogP contribution in [0.15, 0.2) is 0 Å². The molecular weight excluding hydrogens is 214 g/mol. The number of thioether (sulfide) groups is 1. The van der Waals surface area contributed by atoms with Gasteiger partial charge in [0.2, 0.25) is 5.91 Å². The van der Waals surface area contributed by atoms with Gasteiger partial charge >= 0.3 is 5.97 Å². The van der Waals surface area contributed by atoms with Gasteiger partial charge in [-0.15, -0.1) is 11.8 Å². The number of hydrogen-bond donors (Lipinski definition) is 1. The zero-order chi connectivity index (χ0) is 11.8. The molecule has 0 bridgehead atoms. The lowest BCUT2D eigenvalue weighted by molar-refractivity contribution is -0.133. The number of aliphatic carboxylic acids is 1. The Balaban J connectivity index is 3.88. The summed E-state index contributed by atoms with van der Waals surface area (Å²) in [5.41, 5.74) is 0. The van der Waals surface area contributed by atoms with Crippen LogP contribution < -0.4 is 0 Å². The summed E-state index contributed by atoms with van der Waals surface area (Å²) < 4.78 is 0. The van der Waals surface area contributed by atoms with Crippen molar-refractivity contribution in [1.82, 2.24) is 4.90 Å². The van der Waals surface area contributed by atoms with E-state index in [-0.39, 0.29) is 17.4 Å². The molecule has 0 spiro atoms. The normalized spacial score (nSPS) is 10.4. The molecule has 0 unspecified atom stereocenters. The minimum Gasteiger partial charge on any atom is -0.481 e. The van der Waals surface area contributed by atoms with Crippen LogP contribution in [0, 0.1) is 5.92 Å². The number of carbonyl (C=O) groups is 2. The highest BCUT2D eigenvalue weighted by Crippen LogP contribution is 2.05. The second-order valence-corrected chi connectivity index (χ2v) is 4.70. The maximum atomic E-state index is 11.6. The minimum atomic E-state index is -0.875. The summed E-state index contributed by atoms with van der Waals surface area (Å²) in [6, 6.07) is 0. The molecule has 0 aromatic carbocycles. The lowest BCUT2D eigenvalue weighted by Crippen LogP contribution is -2.35. The molecule has 0 radical (unpaired) electrons. The number of hydrogen-bond acceptors (Lipinski definition) is 3. The monoisotopic (exact) mass is 233 g/mol. The molecule has 1 amide bonds. The van der Waals surface area contributed by atoms with Gasteiger partial charge in [-0.1, -0.05) is 13.8 Å². The van der Waals surface area contributed by atoms with Gasteiger partial charge in [-0.05, 0) is 12.8 Å². The van der Waals surface area contributed by atoms with Gasteiger partial charge in [0.15, 0.2) is 0 Å². The summed E-state index contributed by atoms with van der Waals surface area (Å²) in [5.74, 6) is -0.159. The van der Waals surface area contributed by atoms with Crippen LogP contribution in [0.5, 0.6) is 0 Å². The van der Waals surface area contributed by atoms with Gasteiger partial charge in [-0.3, -0.25) is 9.59 Å². The summed E-state index contributed by atoms with van der Waals surface area (Å²) in [7, 11) is 0. The zero-order valence-electron chi connectivity index (χ0n) is 9.52. The first-order chi connectivity index (χ1) is 6.97. The molecule has 15 heavy (non-hydrogen) atoms. The van der Waals surface area contributed by atoms with Crippen molar-refractivity contribution in [3.63, 3.8) is 0 Å². The second-order valence-electron chi connectivity index (χ2n) is 3.71. The molecule has 0 fully saturated rings. The van der Waals surface area contributed by atoms with Gasteiger partial charge in [-0.2, -0.15) is 0 Å². The van der Waals surface area contributed by atoms with Gasteiger partial charge in [-0.25, -0.2) is 0 Å². The van der Waals surface area contributed by atoms with Crippen LogP contribution in [0.25, 0.3) is 0 Å². The van der Waals surface area contributed by atoms with E-state index in [1.807, 2.05) is 6.92 Å². The molecule has 0 saturated heterocycles. The third kappa shape index (κ3) is 7.25. The standard InChI is InChI=1S/C10H19NO3S/c1-4-11(5-8(2)3)9(12)6-15-7-10(13)14/h8H,4-7H2,1-3H3,(H,13,14). The molecule has 0 atom stereocenters. The first kappa shape index (κ1) is 14.3. The Morgan fingerprint density at radius 1 is 1.33 bits per heavy atom. The van der Waals surface area contributed by atoms with E-state index < -0.39 is 5.97 Å². The van der Waals surface area contributed by atoms with Crippen molar-refractivity contribution in [1.29, 1.82) is 0 Å². The van der Waals surface area contributed by atoms with Crippen molar-refractivity contribution >= 4 is 23.6 Å². The van der Waals surface area contributed by atoms with E-state index in [0.29, 0.717) is 12.5 Å². The average Bonchev–Trinajstić information content (AvgIpc) is 2.13. The van der Waals surface area contributed by atoms with Crippen molar-refractivity contribution in [2.45, 2.75) is 20.8 Å². The van der Waals surface area contributed by atoms with E-state index in [9.17, 15) is 9.59 Å². The van der Waals surface area contributed by atoms with Gasteiger partial charge < -0.3 is 10.0 Å². The number of carbonyl (C=O) groups excluding carboxylic acids is 1. The first-order valence-electron chi connectivity index (χ1n) is 5.04. The quantitative estimate of drug-likeness (QED) is 0.720. The molecule has 0 aliphatic heterocycles. The lowest BCUT2D eigenvalue weighted by Gasteiger charge is -2.22. The fourth-order valence-corrected chi connectivity index (χ4v) is 1.80. The maximum absolute atomic E-state index is 11.6. The van der Waals surface area contributed by atoms with Gasteiger partial charge in [0, 0.05) is 13.1 Å². The predicted molar refractivity (Wildman–Crippen MR) is 62.1 cm³/mol. The van der Waals surface area contributed by atoms with Crippen LogP contribution in [-0.2, 0) is 9.59 Å². The Morgan fingerprint density at radius 3 is 2.33 bits per heavy atom. The van der Waals surface area contributed by atoms with Crippen molar-refractivity contribution < 1.29 is 14.7 Å². The van der Waals surface area contributed by atoms with E-state index in [2.05, 4.69) is 13.8 Å². The minimum absolute atomic E-state index is 0.00896. The van der Waals surface area contributed by atoms with Crippen molar-refractivity contribution in [2.75, 3.05) is 24.6 Å². The summed E-state index contributed by atoms with van der Waals surface area (Å²) in [5, 5.41) is 8.42. The Labute approximate surface area is 95.0 Å². The summed E-state index contributed by atoms with van der Waals surface area (Å²) in [6.45, 7) is 7.47. The van der Waals surface area contributed by atoms with E-state index in [1.165, 1.54) is 0 Å². The molecular formula is C10H19NO3S. The molecule has 0 rings (SSSR count). The van der Waals surface area contributed by atoms with Gasteiger partial charge in [0.1, 0.15) is 0 Å². The molecule has 0 aliphatic carbocycles. The Kier molecular flexibility index (Phi) is 7.21. The molecule has 88 valence electrons. The number of carboxylic acid groups (broad SMARTS) is 1. The van der Waals surface area contributed by atoms with Crippen molar-refractivity contribution in [3.8, 4) is 0 Å². The molecule has 0 saturated carbocycles. The highest BCUT2D eigenvalue weighted by Gasteiger charge is 2.13. The van der Waals surface area contributed by atoms with E-state index >= 15 is 0 Å². The highest BCUT2D eigenvalue weighted by molar-refractivity contribution is 8.00. The Bertz CT molecular complexity index is 219. The van der Waals surface area contributed by atoms with Crippen molar-refractivity contribution in [3.05, 3.63) is 0 Å². The largest absolute Gasteiger partial charge is 0.481 e. The summed E-state index contributed by atoms with van der Waals surface area (Å²) in [4.78, 5) is 23.6. The van der Waals surface area contributed by atoms with E-state index in [0.717, 1.165) is 18.3 Å². The third-order valence-electron chi connectivity index (χ3n) is 1.77. The number of carboxylic acids is 1. The Morgan fingerprint density at radius 2 is 1.93 bits per heavy atom. The van der Waals surface area contributed by atoms with E-state index in [1.54, 1.807) is 4.90 Å². The molecule has 0 heterocycles. The topological polar surface area (TPSA) is 57.6 Å². The Hall–Kier alpha value is -0.710. The molecule has 4 nitrogen and oxygen atoms in total. The number of amides is 1. The molecule has 0 aromatic rings. The van der Waals surface area contributed by atoms with Crippen LogP contribution in [-0.4, -0.2) is 46.5 Å². The van der Waals surface area contributed by atoms with Crippen LogP contribution in [0.3, 0.4) is 0 Å². The van der Waals surface area contributed by atoms with Gasteiger partial charge in [0.05, 0.1) is 11.5 Å². The smallest absolute Gasteiger partial charge is 0.313 e.